The number of piperidine rings is 1. The molecule has 0 saturated carbocycles. The van der Waals surface area contributed by atoms with Gasteiger partial charge in [-0.25, -0.2) is 4.39 Å². The average Bonchev–Trinajstić information content (AvgIpc) is 3.20. The number of aryl methyl sites for hydroxylation is 1. The number of aromatic nitrogens is 1. The fraction of sp³-hybridized carbons (Fsp3) is 0.480. The quantitative estimate of drug-likeness (QED) is 0.462. The lowest BCUT2D eigenvalue weighted by Gasteiger charge is -2.31. The fourth-order valence-electron chi connectivity index (χ4n) is 4.38. The smallest absolute Gasteiger partial charge is 0.170 e. The lowest BCUT2D eigenvalue weighted by Crippen LogP contribution is -2.34. The minimum atomic E-state index is -0.286. The lowest BCUT2D eigenvalue weighted by molar-refractivity contribution is 0.191. The van der Waals surface area contributed by atoms with E-state index in [9.17, 15) is 4.39 Å². The lowest BCUT2D eigenvalue weighted by atomic mass is 9.91. The Kier molecular flexibility index (Phi) is 6.76. The van der Waals surface area contributed by atoms with Gasteiger partial charge in [-0.05, 0) is 68.6 Å². The van der Waals surface area contributed by atoms with E-state index in [4.69, 9.17) is 9.26 Å². The van der Waals surface area contributed by atoms with Gasteiger partial charge in [0.25, 0.3) is 0 Å². The highest BCUT2D eigenvalue weighted by Crippen LogP contribution is 2.33. The first kappa shape index (κ1) is 21.6. The molecule has 0 aliphatic carbocycles. The van der Waals surface area contributed by atoms with Crippen molar-refractivity contribution in [3.8, 4) is 5.75 Å². The van der Waals surface area contributed by atoms with Crippen LogP contribution in [-0.4, -0.2) is 50.4 Å². The van der Waals surface area contributed by atoms with Crippen LogP contribution < -0.4 is 9.64 Å². The van der Waals surface area contributed by atoms with Gasteiger partial charge in [-0.3, -0.25) is 0 Å². The number of ether oxygens (including phenoxy) is 1. The zero-order valence-electron chi connectivity index (χ0n) is 18.7. The molecule has 0 unspecified atom stereocenters. The summed E-state index contributed by atoms with van der Waals surface area (Å²) >= 11 is 0. The summed E-state index contributed by atoms with van der Waals surface area (Å²) in [5.74, 6) is 1.04. The summed E-state index contributed by atoms with van der Waals surface area (Å²) < 4.78 is 24.8. The number of nitrogens with zero attached hydrogens (tertiary/aromatic N) is 3. The molecule has 31 heavy (non-hydrogen) atoms. The van der Waals surface area contributed by atoms with Crippen molar-refractivity contribution in [3.05, 3.63) is 53.5 Å². The maximum absolute atomic E-state index is 13.4. The van der Waals surface area contributed by atoms with Gasteiger partial charge in [-0.2, -0.15) is 0 Å². The summed E-state index contributed by atoms with van der Waals surface area (Å²) in [6.45, 7) is 5.99. The van der Waals surface area contributed by atoms with E-state index < -0.39 is 0 Å². The highest BCUT2D eigenvalue weighted by Gasteiger charge is 2.25. The Morgan fingerprint density at radius 3 is 2.71 bits per heavy atom. The third-order valence-corrected chi connectivity index (χ3v) is 6.23. The normalized spacial score (nSPS) is 15.5. The number of halogens is 1. The van der Waals surface area contributed by atoms with Gasteiger partial charge in [-0.15, -0.1) is 0 Å². The van der Waals surface area contributed by atoms with E-state index in [1.165, 1.54) is 17.7 Å². The molecule has 1 aliphatic rings. The Hall–Kier alpha value is -2.60. The second-order valence-corrected chi connectivity index (χ2v) is 8.58. The molecule has 0 atom stereocenters. The summed E-state index contributed by atoms with van der Waals surface area (Å²) in [5, 5.41) is 5.19. The van der Waals surface area contributed by atoms with Crippen molar-refractivity contribution in [2.45, 2.75) is 38.5 Å². The summed E-state index contributed by atoms with van der Waals surface area (Å²) in [5.41, 5.74) is 3.98. The molecule has 1 fully saturated rings. The summed E-state index contributed by atoms with van der Waals surface area (Å²) in [4.78, 5) is 4.61. The molecule has 0 bridgehead atoms. The van der Waals surface area contributed by atoms with Crippen molar-refractivity contribution >= 4 is 16.7 Å². The molecule has 1 aromatic heterocycles. The summed E-state index contributed by atoms with van der Waals surface area (Å²) in [6, 6.07) is 11.1. The van der Waals surface area contributed by atoms with E-state index in [1.54, 1.807) is 6.07 Å². The van der Waals surface area contributed by atoms with Gasteiger partial charge in [0.2, 0.25) is 0 Å². The van der Waals surface area contributed by atoms with E-state index in [-0.39, 0.29) is 5.82 Å². The van der Waals surface area contributed by atoms with Crippen LogP contribution in [0.25, 0.3) is 11.0 Å². The molecule has 3 aromatic rings. The van der Waals surface area contributed by atoms with E-state index >= 15 is 0 Å². The second kappa shape index (κ2) is 9.69. The molecule has 2 heterocycles. The van der Waals surface area contributed by atoms with E-state index in [1.807, 2.05) is 0 Å². The van der Waals surface area contributed by atoms with Crippen LogP contribution >= 0.6 is 0 Å². The molecule has 1 aliphatic heterocycles. The zero-order valence-corrected chi connectivity index (χ0v) is 18.7. The van der Waals surface area contributed by atoms with Crippen molar-refractivity contribution in [2.24, 2.45) is 0 Å². The number of fused-ring (bicyclic) bond motifs is 1. The molecule has 0 radical (unpaired) electrons. The highest BCUT2D eigenvalue weighted by molar-refractivity contribution is 5.79. The van der Waals surface area contributed by atoms with E-state index in [0.717, 1.165) is 67.8 Å². The zero-order chi connectivity index (χ0) is 21.8. The van der Waals surface area contributed by atoms with Crippen LogP contribution in [0.4, 0.5) is 10.1 Å². The molecular formula is C25H32FN3O2. The van der Waals surface area contributed by atoms with Gasteiger partial charge in [0.15, 0.2) is 5.58 Å². The number of benzene rings is 2. The number of hydrogen-bond donors (Lipinski definition) is 0. The minimum absolute atomic E-state index is 0.286. The predicted molar refractivity (Wildman–Crippen MR) is 123 cm³/mol. The van der Waals surface area contributed by atoms with Gasteiger partial charge in [-0.1, -0.05) is 18.1 Å². The van der Waals surface area contributed by atoms with Gasteiger partial charge >= 0.3 is 0 Å². The molecule has 0 amide bonds. The van der Waals surface area contributed by atoms with E-state index in [0.29, 0.717) is 18.1 Å². The maximum Gasteiger partial charge on any atom is 0.170 e. The van der Waals surface area contributed by atoms with Crippen LogP contribution in [0.2, 0.25) is 0 Å². The molecule has 6 heteroatoms. The standard InChI is InChI=1S/C25H32FN3O2/c1-4-18-6-9-23(22(16-18)28(2)3)30-15-5-12-29-13-10-19(11-14-29)25-21-8-7-20(26)17-24(21)31-27-25/h6-9,16-17,19H,4-5,10-15H2,1-3H3. The Morgan fingerprint density at radius 2 is 1.97 bits per heavy atom. The summed E-state index contributed by atoms with van der Waals surface area (Å²) in [6.07, 6.45) is 4.11. The number of anilines is 1. The first-order valence-corrected chi connectivity index (χ1v) is 11.3. The Balaban J connectivity index is 1.25. The third-order valence-electron chi connectivity index (χ3n) is 6.23. The Bertz CT molecular complexity index is 1010. The molecule has 1 saturated heterocycles. The highest BCUT2D eigenvalue weighted by atomic mass is 19.1. The predicted octanol–water partition coefficient (Wildman–Crippen LogP) is 5.24. The van der Waals surface area contributed by atoms with Crippen LogP contribution in [0.3, 0.4) is 0 Å². The molecule has 0 N–H and O–H groups in total. The van der Waals surface area contributed by atoms with Gasteiger partial charge < -0.3 is 19.1 Å². The van der Waals surface area contributed by atoms with Crippen LogP contribution in [0.15, 0.2) is 40.9 Å². The summed E-state index contributed by atoms with van der Waals surface area (Å²) in [7, 11) is 4.11. The fourth-order valence-corrected chi connectivity index (χ4v) is 4.38. The second-order valence-electron chi connectivity index (χ2n) is 8.58. The SMILES string of the molecule is CCc1ccc(OCCCN2CCC(c3noc4cc(F)ccc34)CC2)c(N(C)C)c1. The minimum Gasteiger partial charge on any atom is -0.491 e. The van der Waals surface area contributed by atoms with Crippen molar-refractivity contribution in [1.29, 1.82) is 0 Å². The molecule has 2 aromatic carbocycles. The largest absolute Gasteiger partial charge is 0.491 e. The molecule has 5 nitrogen and oxygen atoms in total. The first-order valence-electron chi connectivity index (χ1n) is 11.3. The van der Waals surface area contributed by atoms with Crippen LogP contribution in [0.1, 0.15) is 43.4 Å². The Labute approximate surface area is 183 Å². The van der Waals surface area contributed by atoms with Gasteiger partial charge in [0.05, 0.1) is 18.0 Å². The van der Waals surface area contributed by atoms with Crippen molar-refractivity contribution < 1.29 is 13.7 Å². The van der Waals surface area contributed by atoms with Crippen LogP contribution in [0, 0.1) is 5.82 Å². The maximum atomic E-state index is 13.4. The monoisotopic (exact) mass is 425 g/mol. The molecule has 0 spiro atoms. The average molecular weight is 426 g/mol. The topological polar surface area (TPSA) is 41.7 Å². The van der Waals surface area contributed by atoms with Gasteiger partial charge in [0.1, 0.15) is 11.6 Å². The Morgan fingerprint density at radius 1 is 1.16 bits per heavy atom. The third kappa shape index (κ3) is 5.01. The van der Waals surface area contributed by atoms with Crippen molar-refractivity contribution in [3.63, 3.8) is 0 Å². The molecule has 4 rings (SSSR count). The van der Waals surface area contributed by atoms with Crippen molar-refractivity contribution in [1.82, 2.24) is 10.1 Å². The number of likely N-dealkylation sites (tertiary alicyclic amines) is 1. The molecular weight excluding hydrogens is 393 g/mol. The van der Waals surface area contributed by atoms with Gasteiger partial charge in [0, 0.05) is 38.0 Å². The van der Waals surface area contributed by atoms with Crippen LogP contribution in [0.5, 0.6) is 5.75 Å². The number of rotatable bonds is 8. The van der Waals surface area contributed by atoms with Crippen molar-refractivity contribution in [2.75, 3.05) is 45.2 Å². The van der Waals surface area contributed by atoms with E-state index in [2.05, 4.69) is 54.2 Å². The number of hydrogen-bond acceptors (Lipinski definition) is 5. The molecule has 166 valence electrons. The first-order chi connectivity index (χ1) is 15.0. The van der Waals surface area contributed by atoms with Crippen LogP contribution in [-0.2, 0) is 6.42 Å².